The van der Waals surface area contributed by atoms with Crippen molar-refractivity contribution in [2.24, 2.45) is 0 Å². The smallest absolute Gasteiger partial charge is 0.341 e. The molecule has 20 heavy (non-hydrogen) atoms. The van der Waals surface area contributed by atoms with Gasteiger partial charge in [0.15, 0.2) is 0 Å². The molecule has 0 fully saturated rings. The number of carboxylic acids is 1. The number of hydrogen-bond acceptors (Lipinski definition) is 2. The number of hydrogen-bond donors (Lipinski definition) is 1. The maximum atomic E-state index is 12.2. The van der Waals surface area contributed by atoms with E-state index < -0.39 is 11.5 Å². The van der Waals surface area contributed by atoms with Crippen molar-refractivity contribution in [3.05, 3.63) is 68.1 Å². The van der Waals surface area contributed by atoms with Crippen molar-refractivity contribution in [3.63, 3.8) is 0 Å². The monoisotopic (exact) mass is 291 g/mol. The molecule has 0 aliphatic rings. The molecule has 0 saturated carbocycles. The predicted octanol–water partition coefficient (Wildman–Crippen LogP) is 2.87. The molecule has 5 heteroatoms. The van der Waals surface area contributed by atoms with Gasteiger partial charge < -0.3 is 9.67 Å². The van der Waals surface area contributed by atoms with Gasteiger partial charge in [-0.15, -0.1) is 0 Å². The number of carboxylic acid groups (broad SMARTS) is 1. The molecule has 0 atom stereocenters. The van der Waals surface area contributed by atoms with Crippen molar-refractivity contribution in [1.82, 2.24) is 4.57 Å². The van der Waals surface area contributed by atoms with Crippen LogP contribution in [0.15, 0.2) is 35.1 Å². The number of rotatable bonds is 3. The van der Waals surface area contributed by atoms with Crippen molar-refractivity contribution >= 4 is 17.6 Å². The number of aryl methyl sites for hydroxylation is 2. The molecule has 104 valence electrons. The highest BCUT2D eigenvalue weighted by molar-refractivity contribution is 6.31. The summed E-state index contributed by atoms with van der Waals surface area (Å²) in [6.07, 6.45) is 0. The highest BCUT2D eigenvalue weighted by Crippen LogP contribution is 2.18. The zero-order chi connectivity index (χ0) is 14.9. The van der Waals surface area contributed by atoms with Gasteiger partial charge in [-0.05, 0) is 43.2 Å². The Labute approximate surface area is 121 Å². The molecule has 0 aliphatic heterocycles. The van der Waals surface area contributed by atoms with E-state index in [1.165, 1.54) is 10.6 Å². The summed E-state index contributed by atoms with van der Waals surface area (Å²) in [6, 6.07) is 8.51. The van der Waals surface area contributed by atoms with Gasteiger partial charge in [0.2, 0.25) is 0 Å². The molecule has 1 aromatic carbocycles. The minimum atomic E-state index is -1.22. The lowest BCUT2D eigenvalue weighted by Crippen LogP contribution is -2.28. The van der Waals surface area contributed by atoms with E-state index in [1.54, 1.807) is 13.0 Å². The van der Waals surface area contributed by atoms with Gasteiger partial charge in [-0.25, -0.2) is 4.79 Å². The summed E-state index contributed by atoms with van der Waals surface area (Å²) >= 11 is 6.15. The van der Waals surface area contributed by atoms with Gasteiger partial charge in [0.05, 0.1) is 6.54 Å². The zero-order valence-electron chi connectivity index (χ0n) is 11.2. The lowest BCUT2D eigenvalue weighted by Gasteiger charge is -2.12. The average molecular weight is 292 g/mol. The average Bonchev–Trinajstić information content (AvgIpc) is 2.36. The maximum Gasteiger partial charge on any atom is 0.341 e. The minimum Gasteiger partial charge on any atom is -0.477 e. The van der Waals surface area contributed by atoms with Crippen molar-refractivity contribution in [1.29, 1.82) is 0 Å². The molecular weight excluding hydrogens is 278 g/mol. The summed E-state index contributed by atoms with van der Waals surface area (Å²) in [6.45, 7) is 3.94. The first kappa shape index (κ1) is 14.3. The van der Waals surface area contributed by atoms with Crippen molar-refractivity contribution in [2.45, 2.75) is 20.4 Å². The number of aromatic nitrogens is 1. The van der Waals surface area contributed by atoms with E-state index in [0.717, 1.165) is 11.1 Å². The predicted molar refractivity (Wildman–Crippen MR) is 77.7 cm³/mol. The van der Waals surface area contributed by atoms with Gasteiger partial charge in [0.1, 0.15) is 5.56 Å². The highest BCUT2D eigenvalue weighted by atomic mass is 35.5. The summed E-state index contributed by atoms with van der Waals surface area (Å²) in [4.78, 5) is 23.2. The van der Waals surface area contributed by atoms with Crippen LogP contribution >= 0.6 is 11.6 Å². The summed E-state index contributed by atoms with van der Waals surface area (Å²) in [7, 11) is 0. The Morgan fingerprint density at radius 2 is 1.95 bits per heavy atom. The second-order valence-electron chi connectivity index (χ2n) is 4.68. The van der Waals surface area contributed by atoms with E-state index in [4.69, 9.17) is 16.7 Å². The maximum absolute atomic E-state index is 12.2. The zero-order valence-corrected chi connectivity index (χ0v) is 11.9. The van der Waals surface area contributed by atoms with Gasteiger partial charge >= 0.3 is 5.97 Å². The molecule has 1 N–H and O–H groups in total. The fourth-order valence-corrected chi connectivity index (χ4v) is 2.28. The Balaban J connectivity index is 2.51. The summed E-state index contributed by atoms with van der Waals surface area (Å²) in [5.41, 5.74) is 1.75. The second kappa shape index (κ2) is 5.51. The first-order chi connectivity index (χ1) is 9.40. The highest BCUT2D eigenvalue weighted by Gasteiger charge is 2.13. The van der Waals surface area contributed by atoms with Crippen LogP contribution in [0.5, 0.6) is 0 Å². The van der Waals surface area contributed by atoms with Crippen molar-refractivity contribution < 1.29 is 9.90 Å². The van der Waals surface area contributed by atoms with Crippen LogP contribution in [-0.4, -0.2) is 15.6 Å². The largest absolute Gasteiger partial charge is 0.477 e. The van der Waals surface area contributed by atoms with Crippen LogP contribution < -0.4 is 5.56 Å². The molecule has 0 spiro atoms. The lowest BCUT2D eigenvalue weighted by atomic mass is 10.1. The van der Waals surface area contributed by atoms with Crippen LogP contribution in [0.4, 0.5) is 0 Å². The van der Waals surface area contributed by atoms with E-state index in [-0.39, 0.29) is 12.1 Å². The Kier molecular flexibility index (Phi) is 3.95. The van der Waals surface area contributed by atoms with E-state index in [1.807, 2.05) is 25.1 Å². The molecule has 4 nitrogen and oxygen atoms in total. The molecule has 0 unspecified atom stereocenters. The van der Waals surface area contributed by atoms with Crippen LogP contribution in [0.1, 0.15) is 27.2 Å². The molecule has 2 aromatic rings. The van der Waals surface area contributed by atoms with E-state index in [2.05, 4.69) is 0 Å². The molecule has 0 saturated heterocycles. The molecule has 1 aromatic heterocycles. The third-order valence-corrected chi connectivity index (χ3v) is 3.51. The quantitative estimate of drug-likeness (QED) is 0.946. The number of pyridine rings is 1. The number of halogens is 1. The fourth-order valence-electron chi connectivity index (χ4n) is 1.98. The minimum absolute atomic E-state index is 0.237. The second-order valence-corrected chi connectivity index (χ2v) is 5.09. The molecule has 0 amide bonds. The number of carbonyl (C=O) groups is 1. The van der Waals surface area contributed by atoms with Crippen LogP contribution in [0, 0.1) is 13.8 Å². The number of aromatic carboxylic acids is 1. The molecule has 0 radical (unpaired) electrons. The third-order valence-electron chi connectivity index (χ3n) is 3.16. The van der Waals surface area contributed by atoms with Crippen LogP contribution in [-0.2, 0) is 6.54 Å². The van der Waals surface area contributed by atoms with Crippen LogP contribution in [0.25, 0.3) is 0 Å². The third kappa shape index (κ3) is 2.75. The van der Waals surface area contributed by atoms with Crippen LogP contribution in [0.3, 0.4) is 0 Å². The van der Waals surface area contributed by atoms with Crippen molar-refractivity contribution in [2.75, 3.05) is 0 Å². The summed E-state index contributed by atoms with van der Waals surface area (Å²) in [5, 5.41) is 9.57. The van der Waals surface area contributed by atoms with E-state index in [0.29, 0.717) is 10.7 Å². The van der Waals surface area contributed by atoms with E-state index >= 15 is 0 Å². The Bertz CT molecular complexity index is 734. The van der Waals surface area contributed by atoms with Crippen molar-refractivity contribution in [3.8, 4) is 0 Å². The Hall–Kier alpha value is -2.07. The molecule has 0 aliphatic carbocycles. The molecule has 1 heterocycles. The Morgan fingerprint density at radius 1 is 1.25 bits per heavy atom. The summed E-state index contributed by atoms with van der Waals surface area (Å²) in [5.74, 6) is -1.22. The van der Waals surface area contributed by atoms with Gasteiger partial charge in [0, 0.05) is 10.7 Å². The number of nitrogens with zero attached hydrogens (tertiary/aromatic N) is 1. The number of benzene rings is 1. The molecular formula is C15H14ClNO3. The van der Waals surface area contributed by atoms with Gasteiger partial charge in [-0.3, -0.25) is 4.79 Å². The Morgan fingerprint density at radius 3 is 2.55 bits per heavy atom. The lowest BCUT2D eigenvalue weighted by molar-refractivity contribution is 0.0694. The molecule has 2 rings (SSSR count). The summed E-state index contributed by atoms with van der Waals surface area (Å²) < 4.78 is 1.42. The van der Waals surface area contributed by atoms with Crippen LogP contribution in [0.2, 0.25) is 5.02 Å². The van der Waals surface area contributed by atoms with Gasteiger partial charge in [-0.1, -0.05) is 23.7 Å². The standard InChI is InChI=1S/C15H14ClNO3/c1-9-3-5-11(13(16)7-9)8-17-10(2)4-6-12(14(17)18)15(19)20/h3-7H,8H2,1-2H3,(H,19,20). The van der Waals surface area contributed by atoms with Gasteiger partial charge in [-0.2, -0.15) is 0 Å². The first-order valence-corrected chi connectivity index (χ1v) is 6.46. The first-order valence-electron chi connectivity index (χ1n) is 6.09. The SMILES string of the molecule is Cc1ccc(Cn2c(C)ccc(C(=O)O)c2=O)c(Cl)c1. The van der Waals surface area contributed by atoms with Gasteiger partial charge in [0.25, 0.3) is 5.56 Å². The fraction of sp³-hybridized carbons (Fsp3) is 0.200. The van der Waals surface area contributed by atoms with E-state index in [9.17, 15) is 9.59 Å². The molecule has 0 bridgehead atoms. The normalized spacial score (nSPS) is 10.6. The topological polar surface area (TPSA) is 59.3 Å².